The van der Waals surface area contributed by atoms with E-state index in [1.165, 1.54) is 11.8 Å². The fourth-order valence-corrected chi connectivity index (χ4v) is 3.85. The van der Waals surface area contributed by atoms with Crippen LogP contribution in [0.2, 0.25) is 5.02 Å². The summed E-state index contributed by atoms with van der Waals surface area (Å²) in [6.45, 7) is 11.6. The van der Waals surface area contributed by atoms with Gasteiger partial charge in [-0.15, -0.1) is 0 Å². The van der Waals surface area contributed by atoms with E-state index in [2.05, 4.69) is 17.2 Å². The lowest BCUT2D eigenvalue weighted by molar-refractivity contribution is -0.141. The number of para-hydroxylation sites is 1. The number of amides is 3. The Bertz CT molecular complexity index is 1090. The van der Waals surface area contributed by atoms with Crippen LogP contribution in [0.3, 0.4) is 0 Å². The maximum atomic E-state index is 13.7. The number of aliphatic hydroxyl groups excluding tert-OH is 1. The number of nitrogens with one attached hydrogen (secondary N) is 2. The third-order valence-electron chi connectivity index (χ3n) is 5.22. The van der Waals surface area contributed by atoms with Crippen LogP contribution in [-0.2, 0) is 14.3 Å². The highest BCUT2D eigenvalue weighted by molar-refractivity contribution is 6.34. The van der Waals surface area contributed by atoms with Gasteiger partial charge in [-0.25, -0.2) is 4.79 Å². The van der Waals surface area contributed by atoms with Gasteiger partial charge in [-0.1, -0.05) is 54.6 Å². The van der Waals surface area contributed by atoms with Crippen molar-refractivity contribution >= 4 is 41.3 Å². The fraction of sp³-hybridized carbons (Fsp3) is 0.370. The van der Waals surface area contributed by atoms with Gasteiger partial charge in [0.2, 0.25) is 5.91 Å². The molecule has 3 amide bonds. The van der Waals surface area contributed by atoms with Gasteiger partial charge in [0, 0.05) is 6.54 Å². The SMILES string of the molecule is C=Cc1cccc(C(C(=O)Nc2c(C)cccc2Cl)N(CCO)C(=O)C(C)NC(=O)OC(C)(C)C)c1. The van der Waals surface area contributed by atoms with E-state index >= 15 is 0 Å². The first-order chi connectivity index (χ1) is 16.9. The van der Waals surface area contributed by atoms with Gasteiger partial charge in [0.15, 0.2) is 0 Å². The Kier molecular flexibility index (Phi) is 10.1. The van der Waals surface area contributed by atoms with E-state index in [0.29, 0.717) is 16.3 Å². The van der Waals surface area contributed by atoms with Crippen LogP contribution in [0.4, 0.5) is 10.5 Å². The molecule has 36 heavy (non-hydrogen) atoms. The number of ether oxygens (including phenoxy) is 1. The van der Waals surface area contributed by atoms with Gasteiger partial charge in [-0.2, -0.15) is 0 Å². The second-order valence-electron chi connectivity index (χ2n) is 9.32. The van der Waals surface area contributed by atoms with Crippen LogP contribution in [0, 0.1) is 6.92 Å². The molecule has 0 saturated carbocycles. The van der Waals surface area contributed by atoms with Crippen LogP contribution in [0.1, 0.15) is 50.4 Å². The highest BCUT2D eigenvalue weighted by atomic mass is 35.5. The number of hydrogen-bond donors (Lipinski definition) is 3. The van der Waals surface area contributed by atoms with Crippen molar-refractivity contribution < 1.29 is 24.2 Å². The maximum absolute atomic E-state index is 13.7. The average Bonchev–Trinajstić information content (AvgIpc) is 2.79. The average molecular weight is 516 g/mol. The van der Waals surface area contributed by atoms with E-state index in [1.54, 1.807) is 70.2 Å². The largest absolute Gasteiger partial charge is 0.444 e. The quantitative estimate of drug-likeness (QED) is 0.448. The Morgan fingerprint density at radius 1 is 1.19 bits per heavy atom. The summed E-state index contributed by atoms with van der Waals surface area (Å²) in [5.41, 5.74) is 1.66. The molecule has 0 fully saturated rings. The van der Waals surface area contributed by atoms with Crippen LogP contribution in [0.5, 0.6) is 0 Å². The highest BCUT2D eigenvalue weighted by Crippen LogP contribution is 2.29. The van der Waals surface area contributed by atoms with Gasteiger partial charge >= 0.3 is 6.09 Å². The molecule has 0 aliphatic carbocycles. The monoisotopic (exact) mass is 515 g/mol. The van der Waals surface area contributed by atoms with Crippen molar-refractivity contribution in [1.29, 1.82) is 0 Å². The Morgan fingerprint density at radius 3 is 2.44 bits per heavy atom. The smallest absolute Gasteiger partial charge is 0.408 e. The van der Waals surface area contributed by atoms with Crippen molar-refractivity contribution in [2.75, 3.05) is 18.5 Å². The van der Waals surface area contributed by atoms with Gasteiger partial charge in [0.05, 0.1) is 17.3 Å². The van der Waals surface area contributed by atoms with Gasteiger partial charge in [0.25, 0.3) is 5.91 Å². The van der Waals surface area contributed by atoms with Crippen molar-refractivity contribution in [3.63, 3.8) is 0 Å². The molecule has 0 aromatic heterocycles. The summed E-state index contributed by atoms with van der Waals surface area (Å²) in [4.78, 5) is 40.7. The number of rotatable bonds is 9. The summed E-state index contributed by atoms with van der Waals surface area (Å²) in [7, 11) is 0. The second-order valence-corrected chi connectivity index (χ2v) is 9.73. The number of nitrogens with zero attached hydrogens (tertiary/aromatic N) is 1. The van der Waals surface area contributed by atoms with Gasteiger partial charge in [0.1, 0.15) is 17.7 Å². The van der Waals surface area contributed by atoms with Gasteiger partial charge in [-0.05, 0) is 63.4 Å². The molecule has 194 valence electrons. The lowest BCUT2D eigenvalue weighted by Gasteiger charge is -2.33. The fourth-order valence-electron chi connectivity index (χ4n) is 3.58. The van der Waals surface area contributed by atoms with Crippen LogP contribution in [0.25, 0.3) is 6.08 Å². The number of hydrogen-bond acceptors (Lipinski definition) is 5. The van der Waals surface area contributed by atoms with Crippen molar-refractivity contribution in [3.8, 4) is 0 Å². The number of aryl methyl sites for hydroxylation is 1. The van der Waals surface area contributed by atoms with E-state index in [1.807, 2.05) is 6.07 Å². The predicted octanol–water partition coefficient (Wildman–Crippen LogP) is 4.71. The number of halogens is 1. The first-order valence-corrected chi connectivity index (χ1v) is 11.9. The number of carbonyl (C=O) groups is 3. The molecule has 3 N–H and O–H groups in total. The predicted molar refractivity (Wildman–Crippen MR) is 142 cm³/mol. The second kappa shape index (κ2) is 12.6. The molecule has 0 heterocycles. The lowest BCUT2D eigenvalue weighted by Crippen LogP contribution is -2.52. The van der Waals surface area contributed by atoms with Gasteiger partial charge < -0.3 is 25.4 Å². The molecule has 2 aromatic rings. The Labute approximate surface area is 217 Å². The van der Waals surface area contributed by atoms with Crippen molar-refractivity contribution in [1.82, 2.24) is 10.2 Å². The molecule has 0 spiro atoms. The summed E-state index contributed by atoms with van der Waals surface area (Å²) in [5, 5.41) is 15.5. The summed E-state index contributed by atoms with van der Waals surface area (Å²) in [6.07, 6.45) is 0.857. The van der Waals surface area contributed by atoms with Crippen molar-refractivity contribution in [3.05, 3.63) is 70.8 Å². The first-order valence-electron chi connectivity index (χ1n) is 11.6. The van der Waals surface area contributed by atoms with Crippen LogP contribution in [0.15, 0.2) is 49.0 Å². The van der Waals surface area contributed by atoms with E-state index in [9.17, 15) is 19.5 Å². The summed E-state index contributed by atoms with van der Waals surface area (Å²) >= 11 is 6.33. The Hall–Kier alpha value is -3.36. The van der Waals surface area contributed by atoms with E-state index in [4.69, 9.17) is 16.3 Å². The van der Waals surface area contributed by atoms with Crippen molar-refractivity contribution in [2.45, 2.75) is 52.3 Å². The molecule has 8 nitrogen and oxygen atoms in total. The molecule has 2 rings (SSSR count). The molecule has 0 bridgehead atoms. The molecule has 9 heteroatoms. The molecule has 2 unspecified atom stereocenters. The molecule has 0 aliphatic rings. The number of anilines is 1. The molecule has 2 aromatic carbocycles. The normalized spacial score (nSPS) is 12.8. The molecule has 0 saturated heterocycles. The molecular formula is C27H34ClN3O5. The number of alkyl carbamates (subject to hydrolysis) is 1. The van der Waals surface area contributed by atoms with Crippen LogP contribution < -0.4 is 10.6 Å². The molecule has 2 atom stereocenters. The maximum Gasteiger partial charge on any atom is 0.408 e. The van der Waals surface area contributed by atoms with Crippen molar-refractivity contribution in [2.24, 2.45) is 0 Å². The van der Waals surface area contributed by atoms with E-state index < -0.39 is 42.2 Å². The first kappa shape index (κ1) is 28.9. The highest BCUT2D eigenvalue weighted by Gasteiger charge is 2.35. The summed E-state index contributed by atoms with van der Waals surface area (Å²) < 4.78 is 5.25. The minimum absolute atomic E-state index is 0.156. The summed E-state index contributed by atoms with van der Waals surface area (Å²) in [5.74, 6) is -1.10. The Morgan fingerprint density at radius 2 is 1.86 bits per heavy atom. The summed E-state index contributed by atoms with van der Waals surface area (Å²) in [6, 6.07) is 10.1. The third-order valence-corrected chi connectivity index (χ3v) is 5.53. The number of benzene rings is 2. The molecule has 0 aliphatic heterocycles. The van der Waals surface area contributed by atoms with Crippen LogP contribution in [-0.4, -0.2) is 52.7 Å². The molecular weight excluding hydrogens is 482 g/mol. The zero-order valence-corrected chi connectivity index (χ0v) is 22.1. The number of carbonyl (C=O) groups excluding carboxylic acids is 3. The van der Waals surface area contributed by atoms with E-state index in [-0.39, 0.29) is 6.54 Å². The standard InChI is InChI=1S/C27H34ClN3O5/c1-7-19-11-9-12-20(16-19)23(24(33)30-22-17(2)10-8-13-21(22)28)31(14-15-32)25(34)18(3)29-26(35)36-27(4,5)6/h7-13,16,18,23,32H,1,14-15H2,2-6H3,(H,29,35)(H,30,33). The minimum atomic E-state index is -1.14. The van der Waals surface area contributed by atoms with Crippen LogP contribution >= 0.6 is 11.6 Å². The lowest BCUT2D eigenvalue weighted by atomic mass is 10.00. The molecule has 0 radical (unpaired) electrons. The third kappa shape index (κ3) is 7.83. The number of aliphatic hydroxyl groups is 1. The van der Waals surface area contributed by atoms with E-state index in [0.717, 1.165) is 11.1 Å². The van der Waals surface area contributed by atoms with Gasteiger partial charge in [-0.3, -0.25) is 9.59 Å². The topological polar surface area (TPSA) is 108 Å². The zero-order chi connectivity index (χ0) is 27.0. The minimum Gasteiger partial charge on any atom is -0.444 e. The Balaban J connectivity index is 2.47. The zero-order valence-electron chi connectivity index (χ0n) is 21.3.